The maximum atomic E-state index is 12.7. The topological polar surface area (TPSA) is 120 Å². The van der Waals surface area contributed by atoms with Gasteiger partial charge in [-0.3, -0.25) is 9.59 Å². The molecule has 1 heterocycles. The van der Waals surface area contributed by atoms with Gasteiger partial charge in [0.1, 0.15) is 5.84 Å². The van der Waals surface area contributed by atoms with Crippen LogP contribution in [0.2, 0.25) is 0 Å². The van der Waals surface area contributed by atoms with Crippen molar-refractivity contribution in [2.24, 2.45) is 27.5 Å². The number of benzene rings is 1. The van der Waals surface area contributed by atoms with Crippen LogP contribution in [-0.2, 0) is 9.59 Å². The zero-order valence-corrected chi connectivity index (χ0v) is 14.4. The quantitative estimate of drug-likeness (QED) is 0.900. The molecule has 3 rings (SSSR count). The average molecular weight is 344 g/mol. The Morgan fingerprint density at radius 2 is 1.92 bits per heavy atom. The van der Waals surface area contributed by atoms with Crippen molar-refractivity contribution in [2.75, 3.05) is 0 Å². The molecule has 6 nitrogen and oxygen atoms in total. The maximum Gasteiger partial charge on any atom is 0.271 e. The van der Waals surface area contributed by atoms with Gasteiger partial charge in [0.25, 0.3) is 5.91 Å². The molecule has 3 atom stereocenters. The summed E-state index contributed by atoms with van der Waals surface area (Å²) in [4.78, 5) is 28.8. The van der Waals surface area contributed by atoms with E-state index in [1.54, 1.807) is 19.1 Å². The van der Waals surface area contributed by atoms with Crippen LogP contribution in [0.1, 0.15) is 19.4 Å². The number of nitriles is 2. The number of amides is 1. The Morgan fingerprint density at radius 3 is 2.46 bits per heavy atom. The van der Waals surface area contributed by atoms with E-state index in [1.807, 2.05) is 42.5 Å². The van der Waals surface area contributed by atoms with Crippen LogP contribution in [0.3, 0.4) is 0 Å². The molecule has 2 aliphatic rings. The predicted octanol–water partition coefficient (Wildman–Crippen LogP) is 2.15. The zero-order valence-electron chi connectivity index (χ0n) is 14.4. The molecule has 0 saturated heterocycles. The maximum absolute atomic E-state index is 12.7. The number of allylic oxidation sites excluding steroid dienone is 2. The van der Waals surface area contributed by atoms with Crippen LogP contribution in [0.25, 0.3) is 6.08 Å². The summed E-state index contributed by atoms with van der Waals surface area (Å²) in [5, 5.41) is 19.9. The summed E-state index contributed by atoms with van der Waals surface area (Å²) in [5.74, 6) is -2.21. The molecule has 1 amide bonds. The molecule has 0 aromatic heterocycles. The smallest absolute Gasteiger partial charge is 0.271 e. The standard InChI is InChI=1S/C20H16N4O2/c1-12-16(13(2)25)15(9-8-14-6-4-3-5-7-14)20(11-22)18(26)24-17(23)19(12,20)10-21/h3-9,15H,1-2H3,(H2,23,24,26)/b9-8+/t15-,19+,20+/m1/s1. The second-order valence-corrected chi connectivity index (χ2v) is 6.43. The highest BCUT2D eigenvalue weighted by molar-refractivity contribution is 6.17. The third-order valence-corrected chi connectivity index (χ3v) is 5.28. The Bertz CT molecular complexity index is 991. The molecule has 1 aliphatic heterocycles. The lowest BCUT2D eigenvalue weighted by Crippen LogP contribution is -2.48. The highest BCUT2D eigenvalue weighted by Gasteiger charge is 2.73. The van der Waals surface area contributed by atoms with Gasteiger partial charge < -0.3 is 5.73 Å². The third-order valence-electron chi connectivity index (χ3n) is 5.28. The van der Waals surface area contributed by atoms with Gasteiger partial charge >= 0.3 is 0 Å². The fraction of sp³-hybridized carbons (Fsp3) is 0.250. The van der Waals surface area contributed by atoms with Crippen LogP contribution in [0.15, 0.2) is 52.5 Å². The number of amidine groups is 1. The molecule has 0 unspecified atom stereocenters. The monoisotopic (exact) mass is 344 g/mol. The van der Waals surface area contributed by atoms with Gasteiger partial charge in [0.2, 0.25) is 0 Å². The fourth-order valence-electron chi connectivity index (χ4n) is 4.08. The van der Waals surface area contributed by atoms with Crippen molar-refractivity contribution < 1.29 is 9.59 Å². The second-order valence-electron chi connectivity index (χ2n) is 6.43. The first-order valence-corrected chi connectivity index (χ1v) is 8.03. The van der Waals surface area contributed by atoms with Gasteiger partial charge in [-0.15, -0.1) is 0 Å². The lowest BCUT2D eigenvalue weighted by Gasteiger charge is -2.31. The van der Waals surface area contributed by atoms with Crippen molar-refractivity contribution in [3.05, 3.63) is 53.1 Å². The number of rotatable bonds is 3. The average Bonchev–Trinajstić information content (AvgIpc) is 2.99. The largest absolute Gasteiger partial charge is 0.385 e. The van der Waals surface area contributed by atoms with Gasteiger partial charge in [-0.2, -0.15) is 15.5 Å². The highest BCUT2D eigenvalue weighted by atomic mass is 16.2. The number of nitrogens with two attached hydrogens (primary N) is 1. The van der Waals surface area contributed by atoms with E-state index in [1.165, 1.54) is 6.92 Å². The van der Waals surface area contributed by atoms with Crippen molar-refractivity contribution in [2.45, 2.75) is 13.8 Å². The van der Waals surface area contributed by atoms with E-state index in [2.05, 4.69) is 4.99 Å². The molecule has 0 bridgehead atoms. The van der Waals surface area contributed by atoms with E-state index in [0.29, 0.717) is 5.57 Å². The Labute approximate surface area is 150 Å². The Kier molecular flexibility index (Phi) is 3.85. The van der Waals surface area contributed by atoms with Crippen LogP contribution in [0, 0.1) is 39.4 Å². The Hall–Kier alpha value is -3.51. The number of hydrogen-bond donors (Lipinski definition) is 1. The lowest BCUT2D eigenvalue weighted by atomic mass is 9.61. The molecule has 1 aliphatic carbocycles. The molecule has 128 valence electrons. The molecule has 0 fully saturated rings. The number of ketones is 1. The van der Waals surface area contributed by atoms with Crippen molar-refractivity contribution >= 4 is 23.6 Å². The molecule has 2 N–H and O–H groups in total. The Morgan fingerprint density at radius 1 is 1.27 bits per heavy atom. The van der Waals surface area contributed by atoms with Crippen molar-refractivity contribution in [3.63, 3.8) is 0 Å². The highest BCUT2D eigenvalue weighted by Crippen LogP contribution is 2.62. The number of Topliss-reactive ketones (excluding diaryl/α,β-unsaturated/α-hetero) is 1. The first-order valence-electron chi connectivity index (χ1n) is 8.03. The van der Waals surface area contributed by atoms with Crippen molar-refractivity contribution in [1.82, 2.24) is 0 Å². The van der Waals surface area contributed by atoms with E-state index >= 15 is 0 Å². The lowest BCUT2D eigenvalue weighted by molar-refractivity contribution is -0.126. The van der Waals surface area contributed by atoms with Crippen LogP contribution in [-0.4, -0.2) is 17.5 Å². The summed E-state index contributed by atoms with van der Waals surface area (Å²) in [7, 11) is 0. The van der Waals surface area contributed by atoms with E-state index in [-0.39, 0.29) is 17.2 Å². The number of fused-ring (bicyclic) bond motifs is 1. The van der Waals surface area contributed by atoms with Crippen LogP contribution >= 0.6 is 0 Å². The Balaban J connectivity index is 2.28. The number of hydrogen-bond acceptors (Lipinski definition) is 5. The van der Waals surface area contributed by atoms with E-state index in [9.17, 15) is 20.1 Å². The van der Waals surface area contributed by atoms with Crippen molar-refractivity contribution in [3.8, 4) is 12.1 Å². The first-order chi connectivity index (χ1) is 12.4. The molecule has 0 spiro atoms. The molecule has 26 heavy (non-hydrogen) atoms. The molecule has 1 aromatic carbocycles. The van der Waals surface area contributed by atoms with Crippen molar-refractivity contribution in [1.29, 1.82) is 10.5 Å². The normalized spacial score (nSPS) is 30.1. The number of carbonyl (C=O) groups excluding carboxylic acids is 2. The summed E-state index contributed by atoms with van der Waals surface area (Å²) in [5.41, 5.74) is 3.78. The molecular formula is C20H16N4O2. The molecular weight excluding hydrogens is 328 g/mol. The number of nitrogens with zero attached hydrogens (tertiary/aromatic N) is 3. The van der Waals surface area contributed by atoms with E-state index < -0.39 is 22.7 Å². The first kappa shape index (κ1) is 17.3. The summed E-state index contributed by atoms with van der Waals surface area (Å²) in [6, 6.07) is 13.3. The summed E-state index contributed by atoms with van der Waals surface area (Å²) in [6.45, 7) is 2.93. The number of aliphatic imine (C=N–C) groups is 1. The molecule has 6 heteroatoms. The van der Waals surface area contributed by atoms with Gasteiger partial charge in [-0.1, -0.05) is 42.5 Å². The SMILES string of the molecule is CC(=O)C1=C(C)[C@@]2(C#N)C(N)=NC(=O)[C@]2(C#N)[C@@H]1/C=C/c1ccccc1. The van der Waals surface area contributed by atoms with Gasteiger partial charge in [-0.05, 0) is 25.0 Å². The number of carbonyl (C=O) groups is 2. The predicted molar refractivity (Wildman–Crippen MR) is 95.1 cm³/mol. The fourth-order valence-corrected chi connectivity index (χ4v) is 4.08. The minimum Gasteiger partial charge on any atom is -0.385 e. The second kappa shape index (κ2) is 5.79. The third kappa shape index (κ3) is 1.87. The van der Waals surface area contributed by atoms with Crippen LogP contribution in [0.5, 0.6) is 0 Å². The minimum atomic E-state index is -1.86. The minimum absolute atomic E-state index is 0.224. The summed E-state index contributed by atoms with van der Waals surface area (Å²) in [6.07, 6.45) is 3.36. The van der Waals surface area contributed by atoms with Gasteiger partial charge in [0.15, 0.2) is 16.6 Å². The van der Waals surface area contributed by atoms with Gasteiger partial charge in [-0.25, -0.2) is 0 Å². The van der Waals surface area contributed by atoms with E-state index in [4.69, 9.17) is 5.73 Å². The van der Waals surface area contributed by atoms with Gasteiger partial charge in [0.05, 0.1) is 12.1 Å². The molecule has 0 saturated carbocycles. The molecule has 1 aromatic rings. The van der Waals surface area contributed by atoms with Crippen LogP contribution < -0.4 is 5.73 Å². The van der Waals surface area contributed by atoms with E-state index in [0.717, 1.165) is 5.56 Å². The van der Waals surface area contributed by atoms with Gasteiger partial charge in [0, 0.05) is 11.5 Å². The summed E-state index contributed by atoms with van der Waals surface area (Å²) >= 11 is 0. The van der Waals surface area contributed by atoms with Crippen LogP contribution in [0.4, 0.5) is 0 Å². The summed E-state index contributed by atoms with van der Waals surface area (Å²) < 4.78 is 0. The molecule has 0 radical (unpaired) electrons. The zero-order chi connectivity index (χ0) is 19.1.